The zero-order valence-corrected chi connectivity index (χ0v) is 14.2. The van der Waals surface area contributed by atoms with E-state index in [0.717, 1.165) is 13.1 Å². The number of ether oxygens (including phenoxy) is 1. The lowest BCUT2D eigenvalue weighted by molar-refractivity contribution is -0.133. The molecule has 2 heterocycles. The summed E-state index contributed by atoms with van der Waals surface area (Å²) in [7, 11) is 0. The van der Waals surface area contributed by atoms with Gasteiger partial charge >= 0.3 is 0 Å². The third-order valence-corrected chi connectivity index (χ3v) is 4.54. The van der Waals surface area contributed by atoms with Gasteiger partial charge in [0.2, 0.25) is 0 Å². The maximum atomic E-state index is 12.4. The molecule has 7 heteroatoms. The Bertz CT molecular complexity index is 717. The lowest BCUT2D eigenvalue weighted by atomic mass is 10.2. The Morgan fingerprint density at radius 1 is 1.38 bits per heavy atom. The Labute approximate surface area is 144 Å². The second kappa shape index (κ2) is 7.65. The van der Waals surface area contributed by atoms with Crippen molar-refractivity contribution in [3.05, 3.63) is 47.0 Å². The van der Waals surface area contributed by atoms with Gasteiger partial charge < -0.3 is 4.74 Å². The van der Waals surface area contributed by atoms with E-state index in [1.807, 2.05) is 18.2 Å². The van der Waals surface area contributed by atoms with E-state index in [0.29, 0.717) is 24.0 Å². The molecule has 1 N–H and O–H groups in total. The number of carbonyl (C=O) groups is 2. The summed E-state index contributed by atoms with van der Waals surface area (Å²) in [6.07, 6.45) is -0.535. The molecule has 1 amide bonds. The van der Waals surface area contributed by atoms with E-state index in [4.69, 9.17) is 4.74 Å². The molecule has 0 spiro atoms. The highest BCUT2D eigenvalue weighted by atomic mass is 32.1. The molecule has 126 valence electrons. The molecule has 3 rings (SSSR count). The summed E-state index contributed by atoms with van der Waals surface area (Å²) in [5.41, 5.74) is 1.58. The molecule has 1 atom stereocenters. The van der Waals surface area contributed by atoms with Gasteiger partial charge in [-0.3, -0.25) is 19.8 Å². The fraction of sp³-hybridized carbons (Fsp3) is 0.353. The predicted molar refractivity (Wildman–Crippen MR) is 92.2 cm³/mol. The number of anilines is 1. The summed E-state index contributed by atoms with van der Waals surface area (Å²) < 4.78 is 5.59. The van der Waals surface area contributed by atoms with Crippen LogP contribution < -0.4 is 5.32 Å². The Hall–Kier alpha value is -2.09. The molecular weight excluding hydrogens is 326 g/mol. The molecule has 0 unspecified atom stereocenters. The van der Waals surface area contributed by atoms with Gasteiger partial charge in [0, 0.05) is 31.9 Å². The number of rotatable bonds is 5. The van der Waals surface area contributed by atoms with Crippen molar-refractivity contribution in [2.24, 2.45) is 0 Å². The molecular formula is C17H19N3O3S. The van der Waals surface area contributed by atoms with Crippen LogP contribution in [0.15, 0.2) is 35.7 Å². The Balaban J connectivity index is 1.57. The van der Waals surface area contributed by atoms with Gasteiger partial charge in [-0.15, -0.1) is 11.3 Å². The summed E-state index contributed by atoms with van der Waals surface area (Å²) in [6.45, 7) is 4.09. The molecule has 0 saturated carbocycles. The average Bonchev–Trinajstić information content (AvgIpc) is 3.05. The Kier molecular flexibility index (Phi) is 5.34. The van der Waals surface area contributed by atoms with Crippen LogP contribution in [0, 0.1) is 0 Å². The maximum Gasteiger partial charge on any atom is 0.256 e. The highest BCUT2D eigenvalue weighted by molar-refractivity contribution is 7.14. The molecule has 0 bridgehead atoms. The fourth-order valence-corrected chi connectivity index (χ4v) is 3.28. The van der Waals surface area contributed by atoms with E-state index in [1.54, 1.807) is 5.38 Å². The van der Waals surface area contributed by atoms with Crippen LogP contribution in [-0.2, 0) is 16.1 Å². The highest BCUT2D eigenvalue weighted by Crippen LogP contribution is 2.17. The topological polar surface area (TPSA) is 71.5 Å². The van der Waals surface area contributed by atoms with E-state index in [9.17, 15) is 9.59 Å². The van der Waals surface area contributed by atoms with Crippen LogP contribution in [0.3, 0.4) is 0 Å². The second-order valence-corrected chi connectivity index (χ2v) is 6.52. The lowest BCUT2D eigenvalue weighted by Gasteiger charge is -2.31. The smallest absolute Gasteiger partial charge is 0.256 e. The molecule has 1 aliphatic heterocycles. The van der Waals surface area contributed by atoms with Gasteiger partial charge in [-0.05, 0) is 5.56 Å². The second-order valence-electron chi connectivity index (χ2n) is 5.66. The van der Waals surface area contributed by atoms with Crippen LogP contribution in [0.1, 0.15) is 23.0 Å². The lowest BCUT2D eigenvalue weighted by Crippen LogP contribution is -2.47. The minimum Gasteiger partial charge on any atom is -0.366 e. The average molecular weight is 345 g/mol. The zero-order chi connectivity index (χ0) is 16.9. The number of hydrogen-bond donors (Lipinski definition) is 1. The first-order valence-electron chi connectivity index (χ1n) is 7.77. The summed E-state index contributed by atoms with van der Waals surface area (Å²) in [6, 6.07) is 10.2. The molecule has 0 aliphatic carbocycles. The molecule has 2 aromatic rings. The van der Waals surface area contributed by atoms with Crippen molar-refractivity contribution < 1.29 is 14.3 Å². The van der Waals surface area contributed by atoms with Crippen LogP contribution in [0.25, 0.3) is 0 Å². The van der Waals surface area contributed by atoms with Crippen LogP contribution in [0.2, 0.25) is 0 Å². The van der Waals surface area contributed by atoms with Crippen molar-refractivity contribution >= 4 is 28.2 Å². The normalized spacial score (nSPS) is 18.3. The number of morpholine rings is 1. The van der Waals surface area contributed by atoms with E-state index < -0.39 is 6.10 Å². The Morgan fingerprint density at radius 2 is 2.17 bits per heavy atom. The summed E-state index contributed by atoms with van der Waals surface area (Å²) >= 11 is 1.24. The SMILES string of the molecule is CC(=O)c1csc(NC(=O)[C@H]2CN(Cc3ccccc3)CCO2)n1. The predicted octanol–water partition coefficient (Wildman–Crippen LogP) is 2.19. The van der Waals surface area contributed by atoms with Gasteiger partial charge in [-0.1, -0.05) is 30.3 Å². The third-order valence-electron chi connectivity index (χ3n) is 3.79. The van der Waals surface area contributed by atoms with Crippen molar-refractivity contribution in [3.8, 4) is 0 Å². The fourth-order valence-electron chi connectivity index (χ4n) is 2.53. The standard InChI is InChI=1S/C17H19N3O3S/c1-12(21)14-11-24-17(18-14)19-16(22)15-10-20(7-8-23-15)9-13-5-3-2-4-6-13/h2-6,11,15H,7-10H2,1H3,(H,18,19,22)/t15-/m1/s1. The minimum absolute atomic E-state index is 0.116. The number of Topliss-reactive ketones (excluding diaryl/α,β-unsaturated/α-hetero) is 1. The Morgan fingerprint density at radius 3 is 2.88 bits per heavy atom. The van der Waals surface area contributed by atoms with E-state index >= 15 is 0 Å². The van der Waals surface area contributed by atoms with E-state index in [-0.39, 0.29) is 11.7 Å². The van der Waals surface area contributed by atoms with Gasteiger partial charge in [0.15, 0.2) is 10.9 Å². The summed E-state index contributed by atoms with van der Waals surface area (Å²) in [5, 5.41) is 4.80. The van der Waals surface area contributed by atoms with Crippen LogP contribution >= 0.6 is 11.3 Å². The first kappa shape index (κ1) is 16.8. The van der Waals surface area contributed by atoms with Crippen molar-refractivity contribution in [1.82, 2.24) is 9.88 Å². The largest absolute Gasteiger partial charge is 0.366 e. The number of nitrogens with one attached hydrogen (secondary N) is 1. The van der Waals surface area contributed by atoms with Crippen LogP contribution in [-0.4, -0.2) is 47.4 Å². The third kappa shape index (κ3) is 4.25. The number of carbonyl (C=O) groups excluding carboxylic acids is 2. The number of nitrogens with zero attached hydrogens (tertiary/aromatic N) is 2. The molecule has 1 saturated heterocycles. The maximum absolute atomic E-state index is 12.4. The minimum atomic E-state index is -0.535. The van der Waals surface area contributed by atoms with Gasteiger partial charge in [-0.2, -0.15) is 0 Å². The molecule has 1 fully saturated rings. The monoisotopic (exact) mass is 345 g/mol. The molecule has 0 radical (unpaired) electrons. The first-order valence-corrected chi connectivity index (χ1v) is 8.65. The van der Waals surface area contributed by atoms with Crippen molar-refractivity contribution in [2.45, 2.75) is 19.6 Å². The van der Waals surface area contributed by atoms with Crippen LogP contribution in [0.4, 0.5) is 5.13 Å². The van der Waals surface area contributed by atoms with Crippen molar-refractivity contribution in [1.29, 1.82) is 0 Å². The number of aromatic nitrogens is 1. The summed E-state index contributed by atoms with van der Waals surface area (Å²) in [4.78, 5) is 29.9. The molecule has 24 heavy (non-hydrogen) atoms. The zero-order valence-electron chi connectivity index (χ0n) is 13.4. The van der Waals surface area contributed by atoms with Crippen molar-refractivity contribution in [3.63, 3.8) is 0 Å². The first-order chi connectivity index (χ1) is 11.6. The van der Waals surface area contributed by atoms with E-state index in [2.05, 4.69) is 27.3 Å². The number of benzene rings is 1. The summed E-state index contributed by atoms with van der Waals surface area (Å²) in [5.74, 6) is -0.341. The number of ketones is 1. The highest BCUT2D eigenvalue weighted by Gasteiger charge is 2.27. The molecule has 6 nitrogen and oxygen atoms in total. The van der Waals surface area contributed by atoms with Gasteiger partial charge in [-0.25, -0.2) is 4.98 Å². The van der Waals surface area contributed by atoms with Crippen molar-refractivity contribution in [2.75, 3.05) is 25.0 Å². The number of thiazole rings is 1. The quantitative estimate of drug-likeness (QED) is 0.841. The van der Waals surface area contributed by atoms with Gasteiger partial charge in [0.25, 0.3) is 5.91 Å². The molecule has 1 aromatic carbocycles. The molecule has 1 aromatic heterocycles. The van der Waals surface area contributed by atoms with Gasteiger partial charge in [0.1, 0.15) is 11.8 Å². The van der Waals surface area contributed by atoms with E-state index in [1.165, 1.54) is 23.8 Å². The molecule has 1 aliphatic rings. The van der Waals surface area contributed by atoms with Crippen LogP contribution in [0.5, 0.6) is 0 Å². The number of hydrogen-bond acceptors (Lipinski definition) is 6. The van der Waals surface area contributed by atoms with Gasteiger partial charge in [0.05, 0.1) is 6.61 Å². The number of amides is 1.